The molecule has 2 aromatic heterocycles. The molecule has 3 aromatic rings. The number of aliphatic hydroxyl groups excluding tert-OH is 1. The van der Waals surface area contributed by atoms with Crippen molar-refractivity contribution in [2.75, 3.05) is 13.1 Å². The number of aromatic nitrogens is 4. The second kappa shape index (κ2) is 7.21. The minimum atomic E-state index is -0.0400. The van der Waals surface area contributed by atoms with Crippen LogP contribution in [-0.2, 0) is 19.7 Å². The number of piperidine rings is 1. The first-order valence-electron chi connectivity index (χ1n) is 9.43. The molecule has 0 saturated carbocycles. The van der Waals surface area contributed by atoms with E-state index in [1.54, 1.807) is 0 Å². The lowest BCUT2D eigenvalue weighted by Crippen LogP contribution is -2.34. The Morgan fingerprint density at radius 3 is 2.77 bits per heavy atom. The number of para-hydroxylation sites is 1. The van der Waals surface area contributed by atoms with Gasteiger partial charge < -0.3 is 10.1 Å². The first kappa shape index (κ1) is 17.2. The zero-order valence-electron chi connectivity index (χ0n) is 15.6. The van der Waals surface area contributed by atoms with E-state index in [-0.39, 0.29) is 6.61 Å². The number of aromatic amines is 1. The fraction of sp³-hybridized carbons (Fsp3) is 0.500. The van der Waals surface area contributed by atoms with Crippen LogP contribution in [0.3, 0.4) is 0 Å². The third-order valence-corrected chi connectivity index (χ3v) is 5.72. The van der Waals surface area contributed by atoms with Crippen molar-refractivity contribution in [3.8, 4) is 0 Å². The summed E-state index contributed by atoms with van der Waals surface area (Å²) in [6, 6.07) is 6.63. The minimum absolute atomic E-state index is 0.0400. The van der Waals surface area contributed by atoms with E-state index >= 15 is 0 Å². The van der Waals surface area contributed by atoms with Crippen molar-refractivity contribution >= 4 is 10.9 Å². The van der Waals surface area contributed by atoms with E-state index in [0.29, 0.717) is 11.6 Å². The van der Waals surface area contributed by atoms with Gasteiger partial charge in [0, 0.05) is 24.2 Å². The van der Waals surface area contributed by atoms with Gasteiger partial charge in [-0.05, 0) is 56.8 Å². The second-order valence-electron chi connectivity index (χ2n) is 7.52. The number of fused-ring (bicyclic) bond motifs is 1. The van der Waals surface area contributed by atoms with Gasteiger partial charge in [-0.2, -0.15) is 0 Å². The molecule has 0 bridgehead atoms. The highest BCUT2D eigenvalue weighted by atomic mass is 16.3. The summed E-state index contributed by atoms with van der Waals surface area (Å²) < 4.78 is 1.87. The molecule has 1 aliphatic rings. The second-order valence-corrected chi connectivity index (χ2v) is 7.52. The van der Waals surface area contributed by atoms with Crippen molar-refractivity contribution in [3.63, 3.8) is 0 Å². The van der Waals surface area contributed by atoms with Crippen molar-refractivity contribution in [2.24, 2.45) is 5.92 Å². The minimum Gasteiger partial charge on any atom is -0.390 e. The average Bonchev–Trinajstić information content (AvgIpc) is 3.22. The average molecular weight is 353 g/mol. The summed E-state index contributed by atoms with van der Waals surface area (Å²) in [4.78, 5) is 6.12. The van der Waals surface area contributed by atoms with E-state index < -0.39 is 0 Å². The first-order valence-corrected chi connectivity index (χ1v) is 9.43. The number of hydrogen-bond donors (Lipinski definition) is 2. The van der Waals surface area contributed by atoms with Gasteiger partial charge in [-0.3, -0.25) is 9.58 Å². The Kier molecular flexibility index (Phi) is 4.78. The topological polar surface area (TPSA) is 70.0 Å². The van der Waals surface area contributed by atoms with Gasteiger partial charge in [0.1, 0.15) is 5.69 Å². The molecule has 26 heavy (non-hydrogen) atoms. The molecule has 6 heteroatoms. The summed E-state index contributed by atoms with van der Waals surface area (Å²) in [5, 5.41) is 18.5. The van der Waals surface area contributed by atoms with Gasteiger partial charge in [0.25, 0.3) is 0 Å². The largest absolute Gasteiger partial charge is 0.390 e. The molecule has 0 radical (unpaired) electrons. The van der Waals surface area contributed by atoms with Crippen LogP contribution in [0.4, 0.5) is 0 Å². The number of nitrogens with zero attached hydrogens (tertiary/aromatic N) is 4. The van der Waals surface area contributed by atoms with Crippen molar-refractivity contribution < 1.29 is 5.11 Å². The van der Waals surface area contributed by atoms with Crippen molar-refractivity contribution in [1.29, 1.82) is 0 Å². The van der Waals surface area contributed by atoms with E-state index in [2.05, 4.69) is 52.2 Å². The lowest BCUT2D eigenvalue weighted by molar-refractivity contribution is 0.164. The predicted molar refractivity (Wildman–Crippen MR) is 102 cm³/mol. The molecule has 0 atom stereocenters. The number of likely N-dealkylation sites (tertiary alicyclic amines) is 1. The zero-order chi connectivity index (χ0) is 18.1. The number of H-pyrrole nitrogens is 1. The third kappa shape index (κ3) is 3.39. The highest BCUT2D eigenvalue weighted by Crippen LogP contribution is 2.27. The molecule has 4 rings (SSSR count). The SMILES string of the molecule is Cc1[nH]c2c(CN3CCC(Cn4cc(CO)nn4)CC3)cccc2c1C. The molecule has 2 N–H and O–H groups in total. The fourth-order valence-electron chi connectivity index (χ4n) is 4.01. The summed E-state index contributed by atoms with van der Waals surface area (Å²) in [6.07, 6.45) is 4.20. The standard InChI is InChI=1S/C20H27N5O/c1-14-15(2)21-20-17(4-3-5-19(14)20)11-24-8-6-16(7-9-24)10-25-12-18(13-26)22-23-25/h3-5,12,16,21,26H,6-11,13H2,1-2H3. The van der Waals surface area contributed by atoms with Gasteiger partial charge in [0.2, 0.25) is 0 Å². The number of benzene rings is 1. The van der Waals surface area contributed by atoms with E-state index in [1.165, 1.54) is 40.6 Å². The Morgan fingerprint density at radius 1 is 1.23 bits per heavy atom. The van der Waals surface area contributed by atoms with Gasteiger partial charge in [0.15, 0.2) is 0 Å². The highest BCUT2D eigenvalue weighted by molar-refractivity contribution is 5.87. The molecule has 0 aliphatic carbocycles. The van der Waals surface area contributed by atoms with Gasteiger partial charge >= 0.3 is 0 Å². The molecule has 6 nitrogen and oxygen atoms in total. The lowest BCUT2D eigenvalue weighted by atomic mass is 9.96. The first-order chi connectivity index (χ1) is 12.6. The zero-order valence-corrected chi connectivity index (χ0v) is 15.6. The molecule has 138 valence electrons. The van der Waals surface area contributed by atoms with Crippen molar-refractivity contribution in [1.82, 2.24) is 24.9 Å². The van der Waals surface area contributed by atoms with Crippen molar-refractivity contribution in [2.45, 2.75) is 46.4 Å². The Bertz CT molecular complexity index is 889. The molecule has 0 spiro atoms. The van der Waals surface area contributed by atoms with Crippen LogP contribution in [0.5, 0.6) is 0 Å². The summed E-state index contributed by atoms with van der Waals surface area (Å²) in [5.74, 6) is 0.630. The van der Waals surface area contributed by atoms with Crippen LogP contribution < -0.4 is 0 Å². The monoisotopic (exact) mass is 353 g/mol. The molecule has 3 heterocycles. The maximum Gasteiger partial charge on any atom is 0.108 e. The normalized spacial score (nSPS) is 16.6. The molecule has 1 aromatic carbocycles. The number of aryl methyl sites for hydroxylation is 2. The Hall–Kier alpha value is -2.18. The Balaban J connectivity index is 1.37. The number of nitrogens with one attached hydrogen (secondary N) is 1. The molecule has 1 fully saturated rings. The smallest absolute Gasteiger partial charge is 0.108 e. The molecule has 1 aliphatic heterocycles. The van der Waals surface area contributed by atoms with E-state index in [1.807, 2.05) is 10.9 Å². The summed E-state index contributed by atoms with van der Waals surface area (Å²) in [6.45, 7) is 8.42. The van der Waals surface area contributed by atoms with Crippen LogP contribution >= 0.6 is 0 Å². The fourth-order valence-corrected chi connectivity index (χ4v) is 4.01. The van der Waals surface area contributed by atoms with Gasteiger partial charge in [-0.15, -0.1) is 5.10 Å². The maximum atomic E-state index is 9.10. The van der Waals surface area contributed by atoms with E-state index in [9.17, 15) is 0 Å². The molecule has 1 saturated heterocycles. The quantitative estimate of drug-likeness (QED) is 0.740. The summed E-state index contributed by atoms with van der Waals surface area (Å²) >= 11 is 0. The van der Waals surface area contributed by atoms with Crippen LogP contribution in [0.15, 0.2) is 24.4 Å². The van der Waals surface area contributed by atoms with Crippen molar-refractivity contribution in [3.05, 3.63) is 46.9 Å². The van der Waals surface area contributed by atoms with Gasteiger partial charge in [-0.1, -0.05) is 23.4 Å². The maximum absolute atomic E-state index is 9.10. The highest BCUT2D eigenvalue weighted by Gasteiger charge is 2.21. The molecule has 0 amide bonds. The van der Waals surface area contributed by atoms with Crippen LogP contribution in [0.1, 0.15) is 35.4 Å². The van der Waals surface area contributed by atoms with Crippen LogP contribution in [0.2, 0.25) is 0 Å². The molecule has 0 unspecified atom stereocenters. The summed E-state index contributed by atoms with van der Waals surface area (Å²) in [7, 11) is 0. The number of aliphatic hydroxyl groups is 1. The van der Waals surface area contributed by atoms with Crippen LogP contribution in [0.25, 0.3) is 10.9 Å². The Morgan fingerprint density at radius 2 is 2.04 bits per heavy atom. The molecular weight excluding hydrogens is 326 g/mol. The van der Waals surface area contributed by atoms with E-state index in [0.717, 1.165) is 26.2 Å². The third-order valence-electron chi connectivity index (χ3n) is 5.72. The van der Waals surface area contributed by atoms with Crippen LogP contribution in [-0.4, -0.2) is 43.1 Å². The lowest BCUT2D eigenvalue weighted by Gasteiger charge is -2.32. The summed E-state index contributed by atoms with van der Waals surface area (Å²) in [5.41, 5.74) is 5.95. The Labute approximate surface area is 153 Å². The predicted octanol–water partition coefficient (Wildman–Crippen LogP) is 2.78. The van der Waals surface area contributed by atoms with Gasteiger partial charge in [-0.25, -0.2) is 0 Å². The number of hydrogen-bond acceptors (Lipinski definition) is 4. The molecular formula is C20H27N5O. The number of rotatable bonds is 5. The van der Waals surface area contributed by atoms with Crippen LogP contribution in [0, 0.1) is 19.8 Å². The van der Waals surface area contributed by atoms with E-state index in [4.69, 9.17) is 5.11 Å². The van der Waals surface area contributed by atoms with Gasteiger partial charge in [0.05, 0.1) is 18.3 Å².